The highest BCUT2D eigenvalue weighted by molar-refractivity contribution is 5.59. The van der Waals surface area contributed by atoms with Gasteiger partial charge in [0.25, 0.3) is 0 Å². The van der Waals surface area contributed by atoms with Gasteiger partial charge in [0, 0.05) is 13.1 Å². The molecule has 5 heteroatoms. The number of carbonyl (C=O) groups excluding carboxylic acids is 1. The molecule has 0 saturated carbocycles. The highest BCUT2D eigenvalue weighted by Gasteiger charge is 2.29. The molecule has 1 aliphatic rings. The standard InChI is InChI=1S/C14H19FN2O2/c15-11-3-1-10(2-4-11)14(13(16)9-18)17-7-5-12(19)6-8-17/h1-4,9,12-14,19H,5-8,16H2. The lowest BCUT2D eigenvalue weighted by atomic mass is 9.96. The summed E-state index contributed by atoms with van der Waals surface area (Å²) in [5, 5.41) is 9.53. The average molecular weight is 266 g/mol. The van der Waals surface area contributed by atoms with E-state index in [1.165, 1.54) is 12.1 Å². The van der Waals surface area contributed by atoms with E-state index in [4.69, 9.17) is 5.73 Å². The molecule has 1 saturated heterocycles. The molecule has 2 unspecified atom stereocenters. The molecule has 2 atom stereocenters. The number of hydrogen-bond acceptors (Lipinski definition) is 4. The molecule has 1 aromatic rings. The normalized spacial score (nSPS) is 21.0. The van der Waals surface area contributed by atoms with Crippen LogP contribution >= 0.6 is 0 Å². The minimum atomic E-state index is -0.652. The molecule has 3 N–H and O–H groups in total. The number of rotatable bonds is 4. The third-order valence-electron chi connectivity index (χ3n) is 3.63. The molecule has 1 fully saturated rings. The zero-order valence-electron chi connectivity index (χ0n) is 10.7. The van der Waals surface area contributed by atoms with Gasteiger partial charge >= 0.3 is 0 Å². The van der Waals surface area contributed by atoms with E-state index in [1.807, 2.05) is 0 Å². The van der Waals surface area contributed by atoms with Gasteiger partial charge in [-0.3, -0.25) is 4.90 Å². The Morgan fingerprint density at radius 2 is 1.89 bits per heavy atom. The minimum absolute atomic E-state index is 0.259. The Morgan fingerprint density at radius 3 is 2.42 bits per heavy atom. The van der Waals surface area contributed by atoms with Crippen molar-refractivity contribution < 1.29 is 14.3 Å². The molecule has 0 spiro atoms. The highest BCUT2D eigenvalue weighted by atomic mass is 19.1. The number of piperidine rings is 1. The Labute approximate surface area is 112 Å². The van der Waals surface area contributed by atoms with E-state index < -0.39 is 6.04 Å². The second-order valence-corrected chi connectivity index (χ2v) is 4.98. The molecule has 4 nitrogen and oxygen atoms in total. The summed E-state index contributed by atoms with van der Waals surface area (Å²) in [6.45, 7) is 1.37. The monoisotopic (exact) mass is 266 g/mol. The molecule has 1 aromatic carbocycles. The van der Waals surface area contributed by atoms with Gasteiger partial charge in [0.15, 0.2) is 0 Å². The van der Waals surface area contributed by atoms with E-state index in [1.54, 1.807) is 12.1 Å². The Kier molecular flexibility index (Phi) is 4.63. The Morgan fingerprint density at radius 1 is 1.32 bits per heavy atom. The fraction of sp³-hybridized carbons (Fsp3) is 0.500. The van der Waals surface area contributed by atoms with Crippen LogP contribution in [-0.2, 0) is 4.79 Å². The third-order valence-corrected chi connectivity index (χ3v) is 3.63. The summed E-state index contributed by atoms with van der Waals surface area (Å²) in [6.07, 6.45) is 1.78. The summed E-state index contributed by atoms with van der Waals surface area (Å²) in [6, 6.07) is 5.16. The maximum atomic E-state index is 13.0. The van der Waals surface area contributed by atoms with Crippen LogP contribution in [0.25, 0.3) is 0 Å². The Balaban J connectivity index is 2.20. The van der Waals surface area contributed by atoms with Crippen molar-refractivity contribution in [3.05, 3.63) is 35.6 Å². The van der Waals surface area contributed by atoms with Gasteiger partial charge in [0.1, 0.15) is 12.1 Å². The lowest BCUT2D eigenvalue weighted by Crippen LogP contribution is -2.46. The van der Waals surface area contributed by atoms with Gasteiger partial charge in [-0.05, 0) is 30.5 Å². The first kappa shape index (κ1) is 14.1. The summed E-state index contributed by atoms with van der Waals surface area (Å²) in [5.74, 6) is -0.309. The number of aldehydes is 1. The predicted octanol–water partition coefficient (Wildman–Crippen LogP) is 0.850. The number of nitrogens with two attached hydrogens (primary N) is 1. The van der Waals surface area contributed by atoms with Gasteiger partial charge < -0.3 is 15.6 Å². The van der Waals surface area contributed by atoms with Gasteiger partial charge in [0.05, 0.1) is 18.2 Å². The SMILES string of the molecule is NC(C=O)C(c1ccc(F)cc1)N1CCC(O)CC1. The third kappa shape index (κ3) is 3.37. The number of benzene rings is 1. The molecule has 1 aliphatic heterocycles. The van der Waals surface area contributed by atoms with Gasteiger partial charge in [-0.2, -0.15) is 0 Å². The van der Waals surface area contributed by atoms with Crippen LogP contribution in [0.2, 0.25) is 0 Å². The molecule has 104 valence electrons. The van der Waals surface area contributed by atoms with Crippen molar-refractivity contribution in [1.29, 1.82) is 0 Å². The van der Waals surface area contributed by atoms with Crippen LogP contribution in [0.1, 0.15) is 24.4 Å². The zero-order valence-corrected chi connectivity index (χ0v) is 10.7. The smallest absolute Gasteiger partial charge is 0.138 e. The van der Waals surface area contributed by atoms with Crippen LogP contribution in [0.4, 0.5) is 4.39 Å². The number of nitrogens with zero attached hydrogens (tertiary/aromatic N) is 1. The predicted molar refractivity (Wildman–Crippen MR) is 70.0 cm³/mol. The summed E-state index contributed by atoms with van der Waals surface area (Å²) in [7, 11) is 0. The lowest BCUT2D eigenvalue weighted by molar-refractivity contribution is -0.110. The molecule has 0 radical (unpaired) electrons. The molecule has 2 rings (SSSR count). The second-order valence-electron chi connectivity index (χ2n) is 4.98. The number of aliphatic hydroxyl groups excluding tert-OH is 1. The topological polar surface area (TPSA) is 66.6 Å². The maximum absolute atomic E-state index is 13.0. The van der Waals surface area contributed by atoms with Crippen molar-refractivity contribution in [1.82, 2.24) is 4.90 Å². The fourth-order valence-electron chi connectivity index (χ4n) is 2.57. The summed E-state index contributed by atoms with van der Waals surface area (Å²) in [4.78, 5) is 13.1. The van der Waals surface area contributed by atoms with Gasteiger partial charge in [-0.1, -0.05) is 12.1 Å². The van der Waals surface area contributed by atoms with Crippen LogP contribution < -0.4 is 5.73 Å². The van der Waals surface area contributed by atoms with Crippen LogP contribution in [0.3, 0.4) is 0 Å². The average Bonchev–Trinajstić information content (AvgIpc) is 2.43. The molecular formula is C14H19FN2O2. The fourth-order valence-corrected chi connectivity index (χ4v) is 2.57. The molecule has 0 bridgehead atoms. The summed E-state index contributed by atoms with van der Waals surface area (Å²) >= 11 is 0. The Bertz CT molecular complexity index is 416. The number of likely N-dealkylation sites (tertiary alicyclic amines) is 1. The van der Waals surface area contributed by atoms with E-state index >= 15 is 0 Å². The zero-order chi connectivity index (χ0) is 13.8. The van der Waals surface area contributed by atoms with E-state index in [9.17, 15) is 14.3 Å². The van der Waals surface area contributed by atoms with Crippen LogP contribution in [-0.4, -0.2) is 41.5 Å². The molecular weight excluding hydrogens is 247 g/mol. The van der Waals surface area contributed by atoms with E-state index in [0.717, 1.165) is 11.8 Å². The van der Waals surface area contributed by atoms with Crippen molar-refractivity contribution in [3.8, 4) is 0 Å². The summed E-state index contributed by atoms with van der Waals surface area (Å²) < 4.78 is 13.0. The minimum Gasteiger partial charge on any atom is -0.393 e. The molecule has 0 aliphatic carbocycles. The van der Waals surface area contributed by atoms with Crippen molar-refractivity contribution >= 4 is 6.29 Å². The van der Waals surface area contributed by atoms with Crippen molar-refractivity contribution in [3.63, 3.8) is 0 Å². The largest absolute Gasteiger partial charge is 0.393 e. The van der Waals surface area contributed by atoms with Gasteiger partial charge in [0.2, 0.25) is 0 Å². The van der Waals surface area contributed by atoms with Crippen LogP contribution in [0.15, 0.2) is 24.3 Å². The highest BCUT2D eigenvalue weighted by Crippen LogP contribution is 2.26. The maximum Gasteiger partial charge on any atom is 0.138 e. The lowest BCUT2D eigenvalue weighted by Gasteiger charge is -2.38. The summed E-state index contributed by atoms with van der Waals surface area (Å²) in [5.41, 5.74) is 6.72. The van der Waals surface area contributed by atoms with E-state index in [0.29, 0.717) is 25.9 Å². The molecule has 0 amide bonds. The van der Waals surface area contributed by atoms with Crippen LogP contribution in [0, 0.1) is 5.82 Å². The van der Waals surface area contributed by atoms with Gasteiger partial charge in [-0.25, -0.2) is 4.39 Å². The van der Waals surface area contributed by atoms with E-state index in [-0.39, 0.29) is 18.0 Å². The van der Waals surface area contributed by atoms with Crippen molar-refractivity contribution in [2.75, 3.05) is 13.1 Å². The Hall–Kier alpha value is -1.30. The van der Waals surface area contributed by atoms with Crippen molar-refractivity contribution in [2.45, 2.75) is 31.0 Å². The molecule has 1 heterocycles. The van der Waals surface area contributed by atoms with Gasteiger partial charge in [-0.15, -0.1) is 0 Å². The van der Waals surface area contributed by atoms with E-state index in [2.05, 4.69) is 4.90 Å². The number of aliphatic hydroxyl groups is 1. The first-order valence-corrected chi connectivity index (χ1v) is 6.50. The molecule has 0 aromatic heterocycles. The number of halogens is 1. The second kappa shape index (κ2) is 6.23. The first-order chi connectivity index (χ1) is 9.11. The van der Waals surface area contributed by atoms with Crippen molar-refractivity contribution in [2.24, 2.45) is 5.73 Å². The quantitative estimate of drug-likeness (QED) is 0.793. The first-order valence-electron chi connectivity index (χ1n) is 6.50. The van der Waals surface area contributed by atoms with Crippen LogP contribution in [0.5, 0.6) is 0 Å². The molecule has 19 heavy (non-hydrogen) atoms. The number of carbonyl (C=O) groups is 1. The number of hydrogen-bond donors (Lipinski definition) is 2.